The van der Waals surface area contributed by atoms with Gasteiger partial charge in [-0.05, 0) is 24.9 Å². The fraction of sp³-hybridized carbons (Fsp3) is 0.636. The summed E-state index contributed by atoms with van der Waals surface area (Å²) in [5.74, 6) is 0.247. The summed E-state index contributed by atoms with van der Waals surface area (Å²) in [6.45, 7) is 0.595. The van der Waals surface area contributed by atoms with Crippen molar-refractivity contribution in [2.75, 3.05) is 36.2 Å². The van der Waals surface area contributed by atoms with Crippen molar-refractivity contribution < 1.29 is 13.2 Å². The first-order chi connectivity index (χ1) is 8.97. The molecule has 0 radical (unpaired) electrons. The number of nitrogens with zero attached hydrogens (tertiary/aromatic N) is 2. The van der Waals surface area contributed by atoms with E-state index in [-0.39, 0.29) is 11.6 Å². The van der Waals surface area contributed by atoms with Gasteiger partial charge in [0, 0.05) is 19.7 Å². The summed E-state index contributed by atoms with van der Waals surface area (Å²) in [5, 5.41) is 5.49. The molecule has 108 valence electrons. The summed E-state index contributed by atoms with van der Waals surface area (Å²) in [4.78, 5) is 6.87. The predicted molar refractivity (Wildman–Crippen MR) is 72.7 cm³/mol. The highest BCUT2D eigenvalue weighted by molar-refractivity contribution is 7.98. The molecule has 0 unspecified atom stereocenters. The average Bonchev–Trinajstić information content (AvgIpc) is 2.37. The molecule has 1 rings (SSSR count). The van der Waals surface area contributed by atoms with E-state index in [4.69, 9.17) is 0 Å². The first kappa shape index (κ1) is 15.9. The van der Waals surface area contributed by atoms with Gasteiger partial charge in [-0.25, -0.2) is 9.97 Å². The van der Waals surface area contributed by atoms with Gasteiger partial charge in [-0.2, -0.15) is 24.9 Å². The molecule has 1 heterocycles. The molecule has 0 amide bonds. The van der Waals surface area contributed by atoms with Crippen LogP contribution in [0.15, 0.2) is 6.07 Å². The normalized spacial score (nSPS) is 11.4. The van der Waals surface area contributed by atoms with Gasteiger partial charge in [0.25, 0.3) is 0 Å². The van der Waals surface area contributed by atoms with Crippen LogP contribution < -0.4 is 10.6 Å². The Balaban J connectivity index is 2.67. The van der Waals surface area contributed by atoms with E-state index in [1.165, 1.54) is 13.1 Å². The zero-order valence-electron chi connectivity index (χ0n) is 10.8. The number of halogens is 3. The lowest BCUT2D eigenvalue weighted by Crippen LogP contribution is -2.15. The first-order valence-electron chi connectivity index (χ1n) is 5.84. The van der Waals surface area contributed by atoms with Gasteiger partial charge in [0.05, 0.1) is 0 Å². The van der Waals surface area contributed by atoms with Crippen LogP contribution in [-0.2, 0) is 6.18 Å². The van der Waals surface area contributed by atoms with E-state index in [1.54, 1.807) is 11.8 Å². The second-order valence-electron chi connectivity index (χ2n) is 3.84. The largest absolute Gasteiger partial charge is 0.451 e. The third kappa shape index (κ3) is 5.54. The molecule has 0 spiro atoms. The van der Waals surface area contributed by atoms with Crippen LogP contribution in [0.25, 0.3) is 0 Å². The highest BCUT2D eigenvalue weighted by Gasteiger charge is 2.35. The van der Waals surface area contributed by atoms with Crippen LogP contribution in [0.4, 0.5) is 24.8 Å². The van der Waals surface area contributed by atoms with Gasteiger partial charge in [0.1, 0.15) is 11.6 Å². The molecule has 2 N–H and O–H groups in total. The number of unbranched alkanes of at least 4 members (excludes halogenated alkanes) is 1. The summed E-state index contributed by atoms with van der Waals surface area (Å²) in [7, 11) is 1.52. The summed E-state index contributed by atoms with van der Waals surface area (Å²) in [5.41, 5.74) is 0. The van der Waals surface area contributed by atoms with Crippen molar-refractivity contribution in [2.24, 2.45) is 0 Å². The van der Waals surface area contributed by atoms with E-state index >= 15 is 0 Å². The second-order valence-corrected chi connectivity index (χ2v) is 4.82. The van der Waals surface area contributed by atoms with Crippen LogP contribution in [0.3, 0.4) is 0 Å². The van der Waals surface area contributed by atoms with Crippen molar-refractivity contribution in [1.82, 2.24) is 9.97 Å². The van der Waals surface area contributed by atoms with Crippen LogP contribution in [-0.4, -0.2) is 35.6 Å². The van der Waals surface area contributed by atoms with Crippen molar-refractivity contribution in [3.05, 3.63) is 11.9 Å². The van der Waals surface area contributed by atoms with E-state index in [1.807, 2.05) is 6.26 Å². The third-order valence-corrected chi connectivity index (χ3v) is 3.01. The molecule has 0 saturated heterocycles. The Morgan fingerprint density at radius 2 is 1.89 bits per heavy atom. The fourth-order valence-corrected chi connectivity index (χ4v) is 1.87. The van der Waals surface area contributed by atoms with Crippen molar-refractivity contribution in [1.29, 1.82) is 0 Å². The highest BCUT2D eigenvalue weighted by Crippen LogP contribution is 2.28. The molecule has 1 aromatic rings. The Morgan fingerprint density at radius 3 is 2.47 bits per heavy atom. The van der Waals surface area contributed by atoms with Gasteiger partial charge in [0.15, 0.2) is 0 Å². The third-order valence-electron chi connectivity index (χ3n) is 2.32. The number of rotatable bonds is 7. The summed E-state index contributed by atoms with van der Waals surface area (Å²) in [6.07, 6.45) is -0.611. The summed E-state index contributed by atoms with van der Waals surface area (Å²) in [6, 6.07) is 1.46. The zero-order valence-corrected chi connectivity index (χ0v) is 11.7. The number of hydrogen-bond donors (Lipinski definition) is 2. The maximum Gasteiger partial charge on any atom is 0.451 e. The molecule has 0 aliphatic heterocycles. The molecule has 0 atom stereocenters. The van der Waals surface area contributed by atoms with Crippen LogP contribution in [0, 0.1) is 0 Å². The average molecular weight is 294 g/mol. The number of aromatic nitrogens is 2. The Bertz CT molecular complexity index is 398. The molecule has 1 aromatic heterocycles. The van der Waals surface area contributed by atoms with Crippen molar-refractivity contribution >= 4 is 23.4 Å². The quantitative estimate of drug-likeness (QED) is 0.757. The molecule has 19 heavy (non-hydrogen) atoms. The maximum atomic E-state index is 12.6. The Labute approximate surface area is 114 Å². The Hall–Kier alpha value is -1.18. The van der Waals surface area contributed by atoms with E-state index in [9.17, 15) is 13.2 Å². The lowest BCUT2D eigenvalue weighted by molar-refractivity contribution is -0.144. The van der Waals surface area contributed by atoms with Crippen molar-refractivity contribution in [3.8, 4) is 0 Å². The molecular formula is C11H17F3N4S. The number of anilines is 2. The number of thioether (sulfide) groups is 1. The maximum absolute atomic E-state index is 12.6. The molecule has 4 nitrogen and oxygen atoms in total. The van der Waals surface area contributed by atoms with Gasteiger partial charge >= 0.3 is 6.18 Å². The molecule has 8 heteroatoms. The lowest BCUT2D eigenvalue weighted by atomic mass is 10.3. The monoisotopic (exact) mass is 294 g/mol. The van der Waals surface area contributed by atoms with Gasteiger partial charge < -0.3 is 10.6 Å². The fourth-order valence-electron chi connectivity index (χ4n) is 1.38. The minimum Gasteiger partial charge on any atom is -0.373 e. The highest BCUT2D eigenvalue weighted by atomic mass is 32.2. The molecule has 0 bridgehead atoms. The minimum absolute atomic E-state index is 0.147. The van der Waals surface area contributed by atoms with Crippen molar-refractivity contribution in [2.45, 2.75) is 19.0 Å². The molecular weight excluding hydrogens is 277 g/mol. The lowest BCUT2D eigenvalue weighted by Gasteiger charge is -2.11. The van der Waals surface area contributed by atoms with Crippen LogP contribution in [0.1, 0.15) is 18.7 Å². The minimum atomic E-state index is -4.54. The van der Waals surface area contributed by atoms with Gasteiger partial charge in [-0.3, -0.25) is 0 Å². The molecule has 0 fully saturated rings. The number of nitrogens with one attached hydrogen (secondary N) is 2. The van der Waals surface area contributed by atoms with Gasteiger partial charge in [-0.15, -0.1) is 0 Å². The smallest absolute Gasteiger partial charge is 0.373 e. The van der Waals surface area contributed by atoms with Crippen LogP contribution in [0.5, 0.6) is 0 Å². The SMILES string of the molecule is CNc1cc(NCCCCSC)nc(C(F)(F)F)n1. The molecule has 0 saturated carbocycles. The Kier molecular flexibility index (Phi) is 6.20. The van der Waals surface area contributed by atoms with Gasteiger partial charge in [-0.1, -0.05) is 0 Å². The van der Waals surface area contributed by atoms with Gasteiger partial charge in [0.2, 0.25) is 5.82 Å². The Morgan fingerprint density at radius 1 is 1.21 bits per heavy atom. The van der Waals surface area contributed by atoms with E-state index in [0.29, 0.717) is 6.54 Å². The van der Waals surface area contributed by atoms with E-state index in [0.717, 1.165) is 18.6 Å². The zero-order chi connectivity index (χ0) is 14.3. The van der Waals surface area contributed by atoms with Crippen LogP contribution >= 0.6 is 11.8 Å². The van der Waals surface area contributed by atoms with Crippen molar-refractivity contribution in [3.63, 3.8) is 0 Å². The predicted octanol–water partition coefficient (Wildman–Crippen LogP) is 3.09. The van der Waals surface area contributed by atoms with E-state index < -0.39 is 12.0 Å². The standard InChI is InChI=1S/C11H17F3N4S/c1-15-8-7-9(16-5-3-4-6-19-2)18-10(17-8)11(12,13)14/h7H,3-6H2,1-2H3,(H2,15,16,17,18). The molecule has 0 aromatic carbocycles. The number of hydrogen-bond acceptors (Lipinski definition) is 5. The van der Waals surface area contributed by atoms with E-state index in [2.05, 4.69) is 20.6 Å². The summed E-state index contributed by atoms with van der Waals surface area (Å²) >= 11 is 1.75. The summed E-state index contributed by atoms with van der Waals surface area (Å²) < 4.78 is 37.8. The molecule has 0 aliphatic rings. The first-order valence-corrected chi connectivity index (χ1v) is 7.23. The number of alkyl halides is 3. The second kappa shape index (κ2) is 7.42. The molecule has 0 aliphatic carbocycles. The topological polar surface area (TPSA) is 49.8 Å². The van der Waals surface area contributed by atoms with Crippen LogP contribution in [0.2, 0.25) is 0 Å².